The molecule has 30 heavy (non-hydrogen) atoms. The Morgan fingerprint density at radius 2 is 1.20 bits per heavy atom. The van der Waals surface area contributed by atoms with Crippen molar-refractivity contribution < 1.29 is 4.74 Å². The van der Waals surface area contributed by atoms with Crippen molar-refractivity contribution >= 4 is 18.4 Å². The lowest BCUT2D eigenvalue weighted by molar-refractivity contribution is -0.116. The number of benzene rings is 3. The van der Waals surface area contributed by atoms with E-state index in [0.717, 1.165) is 18.9 Å². The first-order valence-electron chi connectivity index (χ1n) is 11.3. The Balaban J connectivity index is 1.53. The van der Waals surface area contributed by atoms with Crippen LogP contribution in [0.4, 0.5) is 0 Å². The number of hydrogen-bond acceptors (Lipinski definition) is 1. The van der Waals surface area contributed by atoms with Gasteiger partial charge in [0.05, 0.1) is 12.2 Å². The SMILES string of the molecule is CC(C)(C)[Si](C[C@H]1C[C@H](CCc2ccccc2)O1)(c1ccccc1)c1ccccc1. The molecule has 0 aromatic heterocycles. The number of ether oxygens (including phenoxy) is 1. The maximum absolute atomic E-state index is 6.49. The summed E-state index contributed by atoms with van der Waals surface area (Å²) in [5, 5.41) is 3.26. The molecular formula is C28H34OSi. The van der Waals surface area contributed by atoms with Crippen molar-refractivity contribution in [1.82, 2.24) is 0 Å². The summed E-state index contributed by atoms with van der Waals surface area (Å²) in [5.74, 6) is 0. The zero-order valence-electron chi connectivity index (χ0n) is 18.6. The standard InChI is InChI=1S/C28H34OSi/c1-28(2,3)30(26-15-9-5-10-16-26,27-17-11-6-12-18-27)22-25-21-24(29-25)20-19-23-13-7-4-8-14-23/h4-18,24-25H,19-22H2,1-3H3/t24-,25+/m0/s1. The monoisotopic (exact) mass is 414 g/mol. The fraction of sp³-hybridized carbons (Fsp3) is 0.357. The highest BCUT2D eigenvalue weighted by molar-refractivity contribution is 7.04. The Bertz CT molecular complexity index is 870. The van der Waals surface area contributed by atoms with E-state index in [2.05, 4.69) is 112 Å². The summed E-state index contributed by atoms with van der Waals surface area (Å²) in [6, 6.07) is 34.5. The van der Waals surface area contributed by atoms with Crippen LogP contribution in [0.1, 0.15) is 39.2 Å². The highest BCUT2D eigenvalue weighted by Gasteiger charge is 2.50. The molecule has 0 amide bonds. The summed E-state index contributed by atoms with van der Waals surface area (Å²) in [6.45, 7) is 7.31. The van der Waals surface area contributed by atoms with E-state index >= 15 is 0 Å². The molecule has 0 N–H and O–H groups in total. The van der Waals surface area contributed by atoms with Crippen LogP contribution < -0.4 is 10.4 Å². The molecule has 2 atom stereocenters. The van der Waals surface area contributed by atoms with E-state index < -0.39 is 8.07 Å². The van der Waals surface area contributed by atoms with Crippen molar-refractivity contribution in [1.29, 1.82) is 0 Å². The molecule has 0 bridgehead atoms. The molecule has 2 heteroatoms. The van der Waals surface area contributed by atoms with E-state index in [-0.39, 0.29) is 5.04 Å². The summed E-state index contributed by atoms with van der Waals surface area (Å²) < 4.78 is 6.49. The minimum atomic E-state index is -2.02. The number of hydrogen-bond donors (Lipinski definition) is 0. The van der Waals surface area contributed by atoms with Gasteiger partial charge in [-0.05, 0) is 35.9 Å². The Morgan fingerprint density at radius 1 is 0.733 bits per heavy atom. The molecule has 1 saturated heterocycles. The minimum Gasteiger partial charge on any atom is -0.375 e. The lowest BCUT2D eigenvalue weighted by atomic mass is 9.99. The number of aryl methyl sites for hydroxylation is 1. The highest BCUT2D eigenvalue weighted by Crippen LogP contribution is 2.42. The molecule has 3 aromatic carbocycles. The molecule has 156 valence electrons. The van der Waals surface area contributed by atoms with Gasteiger partial charge in [0, 0.05) is 0 Å². The molecule has 0 aliphatic carbocycles. The van der Waals surface area contributed by atoms with Crippen molar-refractivity contribution in [2.24, 2.45) is 0 Å². The van der Waals surface area contributed by atoms with Gasteiger partial charge in [-0.15, -0.1) is 0 Å². The van der Waals surface area contributed by atoms with Crippen LogP contribution >= 0.6 is 0 Å². The third kappa shape index (κ3) is 4.31. The molecule has 1 fully saturated rings. The topological polar surface area (TPSA) is 9.23 Å². The second kappa shape index (κ2) is 8.91. The maximum Gasteiger partial charge on any atom is 0.125 e. The summed E-state index contributed by atoms with van der Waals surface area (Å²) in [6.07, 6.45) is 4.21. The van der Waals surface area contributed by atoms with Gasteiger partial charge in [0.25, 0.3) is 0 Å². The van der Waals surface area contributed by atoms with Crippen molar-refractivity contribution in [3.8, 4) is 0 Å². The van der Waals surface area contributed by atoms with E-state index in [4.69, 9.17) is 4.74 Å². The van der Waals surface area contributed by atoms with Crippen LogP contribution in [0.15, 0.2) is 91.0 Å². The zero-order valence-corrected chi connectivity index (χ0v) is 19.6. The average Bonchev–Trinajstić information content (AvgIpc) is 2.73. The maximum atomic E-state index is 6.49. The fourth-order valence-electron chi connectivity index (χ4n) is 5.21. The van der Waals surface area contributed by atoms with E-state index in [1.165, 1.54) is 22.4 Å². The van der Waals surface area contributed by atoms with Gasteiger partial charge in [0.15, 0.2) is 0 Å². The predicted octanol–water partition coefficient (Wildman–Crippen LogP) is 5.84. The normalized spacial score (nSPS) is 19.3. The van der Waals surface area contributed by atoms with Crippen molar-refractivity contribution in [3.63, 3.8) is 0 Å². The quantitative estimate of drug-likeness (QED) is 0.441. The lowest BCUT2D eigenvalue weighted by Gasteiger charge is -2.49. The second-order valence-electron chi connectivity index (χ2n) is 9.73. The molecule has 1 nitrogen and oxygen atoms in total. The van der Waals surface area contributed by atoms with Crippen LogP contribution in [0, 0.1) is 0 Å². The highest BCUT2D eigenvalue weighted by atomic mass is 28.3. The predicted molar refractivity (Wildman–Crippen MR) is 130 cm³/mol. The third-order valence-corrected chi connectivity index (χ3v) is 13.1. The Labute approximate surface area is 183 Å². The van der Waals surface area contributed by atoms with Gasteiger partial charge < -0.3 is 4.74 Å². The second-order valence-corrected chi connectivity index (χ2v) is 14.6. The molecule has 1 heterocycles. The molecule has 0 unspecified atom stereocenters. The van der Waals surface area contributed by atoms with Crippen LogP contribution in [0.25, 0.3) is 0 Å². The third-order valence-electron chi connectivity index (χ3n) is 6.86. The summed E-state index contributed by atoms with van der Waals surface area (Å²) in [4.78, 5) is 0. The van der Waals surface area contributed by atoms with Gasteiger partial charge in [-0.3, -0.25) is 0 Å². The zero-order chi connectivity index (χ0) is 21.0. The summed E-state index contributed by atoms with van der Waals surface area (Å²) >= 11 is 0. The first kappa shape index (κ1) is 21.1. The Kier molecular flexibility index (Phi) is 6.26. The Hall–Kier alpha value is -2.16. The van der Waals surface area contributed by atoms with Gasteiger partial charge in [0.2, 0.25) is 0 Å². The van der Waals surface area contributed by atoms with Gasteiger partial charge >= 0.3 is 0 Å². The Morgan fingerprint density at radius 3 is 1.67 bits per heavy atom. The lowest BCUT2D eigenvalue weighted by Crippen LogP contribution is -2.66. The molecule has 0 spiro atoms. The fourth-order valence-corrected chi connectivity index (χ4v) is 10.8. The average molecular weight is 415 g/mol. The first-order chi connectivity index (χ1) is 14.5. The molecular weight excluding hydrogens is 380 g/mol. The van der Waals surface area contributed by atoms with Gasteiger partial charge in [-0.25, -0.2) is 0 Å². The van der Waals surface area contributed by atoms with E-state index in [9.17, 15) is 0 Å². The van der Waals surface area contributed by atoms with E-state index in [1.54, 1.807) is 0 Å². The van der Waals surface area contributed by atoms with Gasteiger partial charge in [-0.1, -0.05) is 122 Å². The largest absolute Gasteiger partial charge is 0.375 e. The minimum absolute atomic E-state index is 0.203. The molecule has 3 aromatic rings. The van der Waals surface area contributed by atoms with Crippen LogP contribution in [-0.2, 0) is 11.2 Å². The van der Waals surface area contributed by atoms with Crippen LogP contribution in [-0.4, -0.2) is 20.3 Å². The van der Waals surface area contributed by atoms with Gasteiger partial charge in [0.1, 0.15) is 8.07 Å². The molecule has 4 rings (SSSR count). The van der Waals surface area contributed by atoms with E-state index in [0.29, 0.717) is 12.2 Å². The molecule has 0 radical (unpaired) electrons. The van der Waals surface area contributed by atoms with Crippen molar-refractivity contribution in [3.05, 3.63) is 96.6 Å². The van der Waals surface area contributed by atoms with Crippen molar-refractivity contribution in [2.75, 3.05) is 0 Å². The van der Waals surface area contributed by atoms with Gasteiger partial charge in [-0.2, -0.15) is 0 Å². The summed E-state index contributed by atoms with van der Waals surface area (Å²) in [5.41, 5.74) is 1.41. The van der Waals surface area contributed by atoms with Crippen LogP contribution in [0.5, 0.6) is 0 Å². The first-order valence-corrected chi connectivity index (χ1v) is 13.5. The number of rotatable bonds is 7. The molecule has 1 aliphatic rings. The molecule has 1 aliphatic heterocycles. The van der Waals surface area contributed by atoms with Crippen LogP contribution in [0.3, 0.4) is 0 Å². The molecule has 0 saturated carbocycles. The van der Waals surface area contributed by atoms with Crippen molar-refractivity contribution in [2.45, 2.75) is 63.3 Å². The smallest absolute Gasteiger partial charge is 0.125 e. The van der Waals surface area contributed by atoms with Crippen LogP contribution in [0.2, 0.25) is 11.1 Å². The summed E-state index contributed by atoms with van der Waals surface area (Å²) in [7, 11) is -2.02. The van der Waals surface area contributed by atoms with E-state index in [1.807, 2.05) is 0 Å².